The topological polar surface area (TPSA) is 20.3 Å². The highest BCUT2D eigenvalue weighted by Crippen LogP contribution is 2.32. The molecule has 3 aromatic rings. The van der Waals surface area contributed by atoms with Gasteiger partial charge in [-0.15, -0.1) is 11.3 Å². The highest BCUT2D eigenvalue weighted by molar-refractivity contribution is 7.20. The van der Waals surface area contributed by atoms with Gasteiger partial charge < -0.3 is 0 Å². The fourth-order valence-electron chi connectivity index (χ4n) is 3.28. The van der Waals surface area contributed by atoms with Gasteiger partial charge in [0.25, 0.3) is 0 Å². The molecular weight excluding hydrogens is 409 g/mol. The largest absolute Gasteiger partial charge is 0.295 e. The molecule has 0 aliphatic heterocycles. The van der Waals surface area contributed by atoms with E-state index in [0.717, 1.165) is 5.56 Å². The summed E-state index contributed by atoms with van der Waals surface area (Å²) in [4.78, 5) is 14.4. The van der Waals surface area contributed by atoms with E-state index in [2.05, 4.69) is 62.4 Å². The third kappa shape index (κ3) is 4.84. The molecule has 28 heavy (non-hydrogen) atoms. The Bertz CT molecular complexity index is 948. The van der Waals surface area contributed by atoms with Crippen LogP contribution in [0.25, 0.3) is 0 Å². The first-order chi connectivity index (χ1) is 13.3. The minimum absolute atomic E-state index is 0.0162. The first-order valence-electron chi connectivity index (χ1n) is 9.09. The van der Waals surface area contributed by atoms with Crippen molar-refractivity contribution < 1.29 is 4.79 Å². The van der Waals surface area contributed by atoms with Crippen LogP contribution in [-0.2, 0) is 12.0 Å². The molecule has 146 valence electrons. The highest BCUT2D eigenvalue weighted by atomic mass is 35.5. The van der Waals surface area contributed by atoms with Gasteiger partial charge in [-0.2, -0.15) is 0 Å². The molecule has 1 aromatic heterocycles. The van der Waals surface area contributed by atoms with Crippen LogP contribution in [-0.4, -0.2) is 24.3 Å². The Hall–Kier alpha value is -1.65. The van der Waals surface area contributed by atoms with Crippen LogP contribution in [0, 0.1) is 0 Å². The molecule has 0 saturated heterocycles. The summed E-state index contributed by atoms with van der Waals surface area (Å²) >= 11 is 13.3. The summed E-state index contributed by atoms with van der Waals surface area (Å²) in [5, 5.41) is 0. The van der Waals surface area contributed by atoms with Gasteiger partial charge in [-0.1, -0.05) is 91.6 Å². The number of rotatable bonds is 7. The van der Waals surface area contributed by atoms with Gasteiger partial charge in [-0.3, -0.25) is 9.69 Å². The molecule has 0 bridgehead atoms. The molecule has 0 unspecified atom stereocenters. The molecular formula is C23H23Cl2NOS. The van der Waals surface area contributed by atoms with Crippen molar-refractivity contribution in [2.75, 3.05) is 13.6 Å². The summed E-state index contributed by atoms with van der Waals surface area (Å²) < 4.78 is 0.989. The molecule has 0 spiro atoms. The van der Waals surface area contributed by atoms with Crippen molar-refractivity contribution in [1.82, 2.24) is 4.90 Å². The molecule has 2 nitrogen and oxygen atoms in total. The van der Waals surface area contributed by atoms with E-state index in [9.17, 15) is 4.79 Å². The fraction of sp³-hybridized carbons (Fsp3) is 0.261. The summed E-state index contributed by atoms with van der Waals surface area (Å²) in [5.41, 5.74) is 4.16. The van der Waals surface area contributed by atoms with Gasteiger partial charge >= 0.3 is 0 Å². The average molecular weight is 432 g/mol. The zero-order valence-electron chi connectivity index (χ0n) is 16.2. The lowest BCUT2D eigenvalue weighted by Crippen LogP contribution is -2.25. The second-order valence-corrected chi connectivity index (χ2v) is 9.81. The van der Waals surface area contributed by atoms with Crippen LogP contribution in [0.2, 0.25) is 8.67 Å². The lowest BCUT2D eigenvalue weighted by Gasteiger charge is -2.26. The first-order valence-corrected chi connectivity index (χ1v) is 10.7. The molecule has 3 rings (SSSR count). The Morgan fingerprint density at radius 2 is 1.61 bits per heavy atom. The van der Waals surface area contributed by atoms with Crippen molar-refractivity contribution in [1.29, 1.82) is 0 Å². The number of hydrogen-bond donors (Lipinski definition) is 0. The van der Waals surface area contributed by atoms with Gasteiger partial charge in [-0.25, -0.2) is 0 Å². The second-order valence-electron chi connectivity index (χ2n) is 7.52. The van der Waals surface area contributed by atoms with Crippen LogP contribution < -0.4 is 0 Å². The number of ketones is 1. The number of likely N-dealkylation sites (N-methyl/N-ethyl adjacent to an activating group) is 1. The van der Waals surface area contributed by atoms with Gasteiger partial charge in [0, 0.05) is 12.0 Å². The van der Waals surface area contributed by atoms with Crippen molar-refractivity contribution in [3.63, 3.8) is 0 Å². The summed E-state index contributed by atoms with van der Waals surface area (Å²) in [6.45, 7) is 5.45. The molecule has 0 saturated carbocycles. The van der Waals surface area contributed by atoms with Gasteiger partial charge in [0.15, 0.2) is 5.78 Å². The first kappa shape index (κ1) is 21.1. The molecule has 0 radical (unpaired) electrons. The quantitative estimate of drug-likeness (QED) is 0.388. The molecule has 0 aliphatic carbocycles. The maximum atomic E-state index is 12.4. The van der Waals surface area contributed by atoms with E-state index < -0.39 is 0 Å². The van der Waals surface area contributed by atoms with Crippen LogP contribution in [0.5, 0.6) is 0 Å². The van der Waals surface area contributed by atoms with E-state index in [-0.39, 0.29) is 11.2 Å². The Morgan fingerprint density at radius 3 is 2.18 bits per heavy atom. The zero-order chi connectivity index (χ0) is 20.3. The van der Waals surface area contributed by atoms with Crippen LogP contribution in [0.15, 0.2) is 60.7 Å². The smallest absolute Gasteiger partial charge is 0.179 e. The summed E-state index contributed by atoms with van der Waals surface area (Å²) in [6.07, 6.45) is 0. The van der Waals surface area contributed by atoms with Crippen molar-refractivity contribution in [3.8, 4) is 0 Å². The Morgan fingerprint density at radius 1 is 1.00 bits per heavy atom. The number of benzene rings is 2. The number of carbonyl (C=O) groups is 1. The maximum absolute atomic E-state index is 12.4. The molecule has 0 atom stereocenters. The number of thiophene rings is 1. The fourth-order valence-corrected chi connectivity index (χ4v) is 4.78. The standard InChI is InChI=1S/C23H23Cl2NOS/c1-23(2,17-7-5-4-6-8-17)18-11-9-16(10-12-18)14-26(3)15-20(27)19-13-21(24)28-22(19)25/h4-13H,14-15H2,1-3H3. The van der Waals surface area contributed by atoms with E-state index >= 15 is 0 Å². The van der Waals surface area contributed by atoms with Crippen molar-refractivity contribution in [2.45, 2.75) is 25.8 Å². The Kier molecular flexibility index (Phi) is 6.61. The molecule has 0 aliphatic rings. The Balaban J connectivity index is 1.65. The predicted octanol–water partition coefficient (Wildman–Crippen LogP) is 6.70. The van der Waals surface area contributed by atoms with Gasteiger partial charge in [0.05, 0.1) is 16.4 Å². The number of Topliss-reactive ketones (excluding diaryl/α,β-unsaturated/α-hetero) is 1. The van der Waals surface area contributed by atoms with Crippen LogP contribution in [0.1, 0.15) is 40.9 Å². The molecule has 1 heterocycles. The molecule has 2 aromatic carbocycles. The van der Waals surface area contributed by atoms with Crippen LogP contribution in [0.3, 0.4) is 0 Å². The molecule has 0 fully saturated rings. The lowest BCUT2D eigenvalue weighted by molar-refractivity contribution is 0.0943. The normalized spacial score (nSPS) is 11.8. The monoisotopic (exact) mass is 431 g/mol. The number of halogens is 2. The maximum Gasteiger partial charge on any atom is 0.179 e. The second kappa shape index (κ2) is 8.79. The predicted molar refractivity (Wildman–Crippen MR) is 120 cm³/mol. The van der Waals surface area contributed by atoms with Crippen molar-refractivity contribution in [2.24, 2.45) is 0 Å². The van der Waals surface area contributed by atoms with Gasteiger partial charge in [0.2, 0.25) is 0 Å². The Labute approximate surface area is 180 Å². The zero-order valence-corrected chi connectivity index (χ0v) is 18.5. The molecule has 5 heteroatoms. The number of carbonyl (C=O) groups excluding carboxylic acids is 1. The van der Waals surface area contributed by atoms with Crippen LogP contribution in [0.4, 0.5) is 0 Å². The van der Waals surface area contributed by atoms with E-state index in [0.29, 0.717) is 27.3 Å². The van der Waals surface area contributed by atoms with E-state index in [1.165, 1.54) is 22.5 Å². The third-order valence-corrected chi connectivity index (χ3v) is 6.48. The minimum Gasteiger partial charge on any atom is -0.295 e. The van der Waals surface area contributed by atoms with Crippen molar-refractivity contribution in [3.05, 3.63) is 91.6 Å². The number of hydrogen-bond acceptors (Lipinski definition) is 3. The van der Waals surface area contributed by atoms with Gasteiger partial charge in [0.1, 0.15) is 4.34 Å². The summed E-state index contributed by atoms with van der Waals surface area (Å²) in [5.74, 6) is -0.0162. The lowest BCUT2D eigenvalue weighted by atomic mass is 9.78. The number of nitrogens with zero attached hydrogens (tertiary/aromatic N) is 1. The van der Waals surface area contributed by atoms with Gasteiger partial charge in [-0.05, 0) is 29.8 Å². The minimum atomic E-state index is -0.0589. The van der Waals surface area contributed by atoms with E-state index in [1.54, 1.807) is 6.07 Å². The highest BCUT2D eigenvalue weighted by Gasteiger charge is 2.22. The third-order valence-electron chi connectivity index (χ3n) is 4.99. The average Bonchev–Trinajstić information content (AvgIpc) is 3.01. The molecule has 0 N–H and O–H groups in total. The van der Waals surface area contributed by atoms with E-state index in [4.69, 9.17) is 23.2 Å². The summed E-state index contributed by atoms with van der Waals surface area (Å²) in [7, 11) is 1.93. The van der Waals surface area contributed by atoms with Crippen molar-refractivity contribution >= 4 is 40.3 Å². The van der Waals surface area contributed by atoms with Crippen LogP contribution >= 0.6 is 34.5 Å². The summed E-state index contributed by atoms with van der Waals surface area (Å²) in [6, 6.07) is 20.8. The molecule has 0 amide bonds. The van der Waals surface area contributed by atoms with E-state index in [1.807, 2.05) is 18.0 Å². The SMILES string of the molecule is CN(CC(=O)c1cc(Cl)sc1Cl)Cc1ccc(C(C)(C)c2ccccc2)cc1.